The second-order valence-corrected chi connectivity index (χ2v) is 6.44. The number of piperazine rings is 1. The molecule has 1 aliphatic rings. The predicted molar refractivity (Wildman–Crippen MR) is 98.1 cm³/mol. The largest absolute Gasteiger partial charge is 0.356 e. The highest BCUT2D eigenvalue weighted by Gasteiger charge is 2.11. The Labute approximate surface area is 150 Å². The van der Waals surface area contributed by atoms with Gasteiger partial charge in [-0.2, -0.15) is 0 Å². The Kier molecular flexibility index (Phi) is 9.91. The van der Waals surface area contributed by atoms with E-state index in [0.717, 1.165) is 57.7 Å². The van der Waals surface area contributed by atoms with Crippen LogP contribution in [0.3, 0.4) is 0 Å². The molecule has 1 aliphatic heterocycles. The van der Waals surface area contributed by atoms with Crippen LogP contribution in [0.1, 0.15) is 25.3 Å². The quantitative estimate of drug-likeness (QED) is 0.701. The number of hydrogen-bond donors (Lipinski definition) is 2. The average Bonchev–Trinajstić information content (AvgIpc) is 2.52. The van der Waals surface area contributed by atoms with Crippen molar-refractivity contribution in [3.8, 4) is 0 Å². The smallest absolute Gasteiger partial charge is 0.220 e. The lowest BCUT2D eigenvalue weighted by molar-refractivity contribution is -0.121. The van der Waals surface area contributed by atoms with E-state index in [2.05, 4.69) is 15.5 Å². The Morgan fingerprint density at radius 3 is 2.83 bits per heavy atom. The van der Waals surface area contributed by atoms with Gasteiger partial charge in [0.1, 0.15) is 5.82 Å². The number of benzene rings is 1. The van der Waals surface area contributed by atoms with Crippen LogP contribution < -0.4 is 10.6 Å². The molecule has 6 heteroatoms. The van der Waals surface area contributed by atoms with E-state index < -0.39 is 0 Å². The van der Waals surface area contributed by atoms with Gasteiger partial charge < -0.3 is 15.5 Å². The zero-order valence-corrected chi connectivity index (χ0v) is 15.2. The van der Waals surface area contributed by atoms with Crippen molar-refractivity contribution in [2.75, 3.05) is 39.3 Å². The van der Waals surface area contributed by atoms with Gasteiger partial charge >= 0.3 is 0 Å². The van der Waals surface area contributed by atoms with E-state index in [0.29, 0.717) is 6.42 Å². The lowest BCUT2D eigenvalue weighted by atomic mass is 9.98. The summed E-state index contributed by atoms with van der Waals surface area (Å²) in [4.78, 5) is 14.4. The zero-order chi connectivity index (χ0) is 16.5. The highest BCUT2D eigenvalue weighted by Crippen LogP contribution is 2.13. The molecule has 4 nitrogen and oxygen atoms in total. The number of rotatable bonds is 8. The third-order valence-corrected chi connectivity index (χ3v) is 4.19. The van der Waals surface area contributed by atoms with Crippen molar-refractivity contribution in [2.24, 2.45) is 5.92 Å². The van der Waals surface area contributed by atoms with E-state index in [1.807, 2.05) is 13.0 Å². The Morgan fingerprint density at radius 2 is 2.12 bits per heavy atom. The lowest BCUT2D eigenvalue weighted by Gasteiger charge is -2.27. The standard InChI is InChI=1S/C18H28FN3O.ClH/c1-15(12-16-4-2-5-17(19)14-16)13-18(23)21-6-3-9-22-10-7-20-8-11-22;/h2,4-5,14-15,20H,3,6-13H2,1H3,(H,21,23);1H. The molecule has 2 N–H and O–H groups in total. The fourth-order valence-corrected chi connectivity index (χ4v) is 2.99. The van der Waals surface area contributed by atoms with Crippen molar-refractivity contribution >= 4 is 18.3 Å². The van der Waals surface area contributed by atoms with Crippen LogP contribution in [0.15, 0.2) is 24.3 Å². The van der Waals surface area contributed by atoms with Crippen LogP contribution in [0.2, 0.25) is 0 Å². The maximum Gasteiger partial charge on any atom is 0.220 e. The van der Waals surface area contributed by atoms with Gasteiger partial charge in [0.05, 0.1) is 0 Å². The molecule has 1 heterocycles. The summed E-state index contributed by atoms with van der Waals surface area (Å²) in [5.41, 5.74) is 0.948. The molecule has 1 unspecified atom stereocenters. The summed E-state index contributed by atoms with van der Waals surface area (Å²) >= 11 is 0. The molecule has 1 saturated heterocycles. The molecule has 0 saturated carbocycles. The molecular formula is C18H29ClFN3O. The Bertz CT molecular complexity index is 495. The number of amides is 1. The van der Waals surface area contributed by atoms with E-state index >= 15 is 0 Å². The van der Waals surface area contributed by atoms with Gasteiger partial charge in [-0.3, -0.25) is 4.79 Å². The van der Waals surface area contributed by atoms with Crippen molar-refractivity contribution in [3.05, 3.63) is 35.6 Å². The van der Waals surface area contributed by atoms with E-state index in [-0.39, 0.29) is 30.0 Å². The maximum atomic E-state index is 13.2. The second kappa shape index (κ2) is 11.4. The number of halogens is 2. The molecule has 2 rings (SSSR count). The Morgan fingerprint density at radius 1 is 1.38 bits per heavy atom. The molecule has 1 atom stereocenters. The topological polar surface area (TPSA) is 44.4 Å². The van der Waals surface area contributed by atoms with Crippen molar-refractivity contribution in [3.63, 3.8) is 0 Å². The molecular weight excluding hydrogens is 329 g/mol. The Balaban J connectivity index is 0.00000288. The molecule has 0 spiro atoms. The van der Waals surface area contributed by atoms with Crippen LogP contribution in [0.4, 0.5) is 4.39 Å². The molecule has 24 heavy (non-hydrogen) atoms. The summed E-state index contributed by atoms with van der Waals surface area (Å²) < 4.78 is 13.2. The first kappa shape index (κ1) is 20.9. The van der Waals surface area contributed by atoms with Crippen molar-refractivity contribution in [1.82, 2.24) is 15.5 Å². The number of hydrogen-bond acceptors (Lipinski definition) is 3. The monoisotopic (exact) mass is 357 g/mol. The van der Waals surface area contributed by atoms with Gasteiger partial charge in [-0.25, -0.2) is 4.39 Å². The first-order valence-electron chi connectivity index (χ1n) is 8.57. The number of carbonyl (C=O) groups is 1. The third-order valence-electron chi connectivity index (χ3n) is 4.19. The number of nitrogens with one attached hydrogen (secondary N) is 2. The summed E-state index contributed by atoms with van der Waals surface area (Å²) in [6.45, 7) is 8.12. The molecule has 0 radical (unpaired) electrons. The van der Waals surface area contributed by atoms with Crippen LogP contribution in [0.25, 0.3) is 0 Å². The van der Waals surface area contributed by atoms with Gasteiger partial charge in [-0.15, -0.1) is 12.4 Å². The van der Waals surface area contributed by atoms with Crippen LogP contribution in [0, 0.1) is 11.7 Å². The highest BCUT2D eigenvalue weighted by molar-refractivity contribution is 5.85. The SMILES string of the molecule is CC(CC(=O)NCCCN1CCNCC1)Cc1cccc(F)c1.Cl. The summed E-state index contributed by atoms with van der Waals surface area (Å²) in [6, 6.07) is 6.61. The van der Waals surface area contributed by atoms with E-state index in [4.69, 9.17) is 0 Å². The van der Waals surface area contributed by atoms with Crippen molar-refractivity contribution < 1.29 is 9.18 Å². The van der Waals surface area contributed by atoms with E-state index in [1.54, 1.807) is 12.1 Å². The fraction of sp³-hybridized carbons (Fsp3) is 0.611. The van der Waals surface area contributed by atoms with Crippen LogP contribution in [-0.4, -0.2) is 50.1 Å². The van der Waals surface area contributed by atoms with Crippen LogP contribution in [-0.2, 0) is 11.2 Å². The summed E-state index contributed by atoms with van der Waals surface area (Å²) in [6.07, 6.45) is 2.21. The average molecular weight is 358 g/mol. The van der Waals surface area contributed by atoms with Gasteiger partial charge in [0.15, 0.2) is 0 Å². The van der Waals surface area contributed by atoms with Gasteiger partial charge in [0, 0.05) is 39.1 Å². The van der Waals surface area contributed by atoms with Gasteiger partial charge in [-0.05, 0) is 43.0 Å². The van der Waals surface area contributed by atoms with Gasteiger partial charge in [0.25, 0.3) is 0 Å². The Hall–Kier alpha value is -1.17. The van der Waals surface area contributed by atoms with E-state index in [1.165, 1.54) is 6.07 Å². The summed E-state index contributed by atoms with van der Waals surface area (Å²) in [5, 5.41) is 6.33. The second-order valence-electron chi connectivity index (χ2n) is 6.44. The normalized spacial score (nSPS) is 16.2. The predicted octanol–water partition coefficient (Wildman–Crippen LogP) is 2.23. The number of nitrogens with zero attached hydrogens (tertiary/aromatic N) is 1. The highest BCUT2D eigenvalue weighted by atomic mass is 35.5. The maximum absolute atomic E-state index is 13.2. The summed E-state index contributed by atoms with van der Waals surface area (Å²) in [5.74, 6) is 0.0891. The lowest BCUT2D eigenvalue weighted by Crippen LogP contribution is -2.44. The molecule has 0 bridgehead atoms. The molecule has 1 aromatic carbocycles. The summed E-state index contributed by atoms with van der Waals surface area (Å²) in [7, 11) is 0. The molecule has 1 aromatic rings. The van der Waals surface area contributed by atoms with Gasteiger partial charge in [-0.1, -0.05) is 19.1 Å². The first-order valence-corrected chi connectivity index (χ1v) is 8.57. The first-order chi connectivity index (χ1) is 11.1. The van der Waals surface area contributed by atoms with Gasteiger partial charge in [0.2, 0.25) is 5.91 Å². The zero-order valence-electron chi connectivity index (χ0n) is 14.4. The fourth-order valence-electron chi connectivity index (χ4n) is 2.99. The molecule has 136 valence electrons. The minimum Gasteiger partial charge on any atom is -0.356 e. The van der Waals surface area contributed by atoms with E-state index in [9.17, 15) is 9.18 Å². The third kappa shape index (κ3) is 8.08. The van der Waals surface area contributed by atoms with Crippen molar-refractivity contribution in [1.29, 1.82) is 0 Å². The molecule has 1 fully saturated rings. The number of carbonyl (C=O) groups excluding carboxylic acids is 1. The van der Waals surface area contributed by atoms with Crippen LogP contribution >= 0.6 is 12.4 Å². The molecule has 0 aliphatic carbocycles. The van der Waals surface area contributed by atoms with Crippen LogP contribution in [0.5, 0.6) is 0 Å². The minimum atomic E-state index is -0.216. The molecule has 1 amide bonds. The molecule has 0 aromatic heterocycles. The van der Waals surface area contributed by atoms with Crippen molar-refractivity contribution in [2.45, 2.75) is 26.2 Å². The minimum absolute atomic E-state index is 0.